The van der Waals surface area contributed by atoms with Crippen LogP contribution in [-0.4, -0.2) is 39.2 Å². The van der Waals surface area contributed by atoms with E-state index >= 15 is 0 Å². The SMILES string of the molecule is Cc1cc(C)nc(N2CCC[C@@H](C(=O)Nc3nnc(C)s3)C2)n1. The van der Waals surface area contributed by atoms with Crippen LogP contribution in [0.5, 0.6) is 0 Å². The highest BCUT2D eigenvalue weighted by Gasteiger charge is 2.28. The number of aromatic nitrogens is 4. The Morgan fingerprint density at radius 1 is 1.26 bits per heavy atom. The smallest absolute Gasteiger partial charge is 0.231 e. The second-order valence-corrected chi connectivity index (χ2v) is 7.03. The summed E-state index contributed by atoms with van der Waals surface area (Å²) >= 11 is 1.39. The molecule has 0 aromatic carbocycles. The van der Waals surface area contributed by atoms with E-state index in [0.717, 1.165) is 35.8 Å². The molecule has 8 heteroatoms. The van der Waals surface area contributed by atoms with E-state index in [0.29, 0.717) is 17.6 Å². The van der Waals surface area contributed by atoms with Crippen LogP contribution >= 0.6 is 11.3 Å². The lowest BCUT2D eigenvalue weighted by molar-refractivity contribution is -0.120. The van der Waals surface area contributed by atoms with Gasteiger partial charge in [0.2, 0.25) is 17.0 Å². The fourth-order valence-electron chi connectivity index (χ4n) is 2.78. The first-order chi connectivity index (χ1) is 11.0. The van der Waals surface area contributed by atoms with Gasteiger partial charge >= 0.3 is 0 Å². The highest BCUT2D eigenvalue weighted by Crippen LogP contribution is 2.23. The lowest BCUT2D eigenvalue weighted by Crippen LogP contribution is -2.41. The Kier molecular flexibility index (Phi) is 4.51. The van der Waals surface area contributed by atoms with Gasteiger partial charge in [-0.1, -0.05) is 11.3 Å². The Morgan fingerprint density at radius 3 is 2.65 bits per heavy atom. The van der Waals surface area contributed by atoms with Crippen LogP contribution in [0.25, 0.3) is 0 Å². The molecule has 3 heterocycles. The van der Waals surface area contributed by atoms with Crippen molar-refractivity contribution in [3.05, 3.63) is 22.5 Å². The number of nitrogens with one attached hydrogen (secondary N) is 1. The maximum atomic E-state index is 12.4. The summed E-state index contributed by atoms with van der Waals surface area (Å²) in [5, 5.41) is 12.1. The molecule has 2 aromatic rings. The number of nitrogens with zero attached hydrogens (tertiary/aromatic N) is 5. The Hall–Kier alpha value is -2.09. The molecule has 1 aliphatic rings. The van der Waals surface area contributed by atoms with Gasteiger partial charge in [-0.2, -0.15) is 0 Å². The summed E-state index contributed by atoms with van der Waals surface area (Å²) in [5.41, 5.74) is 1.90. The summed E-state index contributed by atoms with van der Waals surface area (Å²) in [6.07, 6.45) is 1.81. The minimum absolute atomic E-state index is 0.00442. The summed E-state index contributed by atoms with van der Waals surface area (Å²) in [6, 6.07) is 1.95. The van der Waals surface area contributed by atoms with Crippen molar-refractivity contribution in [3.63, 3.8) is 0 Å². The topological polar surface area (TPSA) is 83.9 Å². The minimum Gasteiger partial charge on any atom is -0.340 e. The maximum Gasteiger partial charge on any atom is 0.231 e. The van der Waals surface area contributed by atoms with Crippen molar-refractivity contribution >= 4 is 28.3 Å². The number of piperidine rings is 1. The number of rotatable bonds is 3. The second kappa shape index (κ2) is 6.57. The quantitative estimate of drug-likeness (QED) is 0.927. The number of hydrogen-bond acceptors (Lipinski definition) is 7. The van der Waals surface area contributed by atoms with E-state index in [1.165, 1.54) is 11.3 Å². The molecule has 122 valence electrons. The van der Waals surface area contributed by atoms with Crippen LogP contribution in [-0.2, 0) is 4.79 Å². The van der Waals surface area contributed by atoms with Crippen molar-refractivity contribution in [2.75, 3.05) is 23.3 Å². The van der Waals surface area contributed by atoms with Gasteiger partial charge in [-0.25, -0.2) is 9.97 Å². The minimum atomic E-state index is -0.0858. The first kappa shape index (κ1) is 15.8. The van der Waals surface area contributed by atoms with Gasteiger partial charge in [0, 0.05) is 24.5 Å². The molecule has 1 atom stereocenters. The van der Waals surface area contributed by atoms with E-state index < -0.39 is 0 Å². The van der Waals surface area contributed by atoms with Gasteiger partial charge < -0.3 is 10.2 Å². The standard InChI is InChI=1S/C15H20N6OS/c1-9-7-10(2)17-14(16-9)21-6-4-5-12(8-21)13(22)18-15-20-19-11(3)23-15/h7,12H,4-6,8H2,1-3H3,(H,18,20,22)/t12-/m1/s1. The molecule has 0 spiro atoms. The molecule has 7 nitrogen and oxygen atoms in total. The Morgan fingerprint density at radius 2 is 2.00 bits per heavy atom. The Bertz CT molecular complexity index is 695. The van der Waals surface area contributed by atoms with Crippen molar-refractivity contribution in [2.24, 2.45) is 5.92 Å². The monoisotopic (exact) mass is 332 g/mol. The molecule has 1 amide bonds. The van der Waals surface area contributed by atoms with E-state index in [1.807, 2.05) is 26.8 Å². The van der Waals surface area contributed by atoms with E-state index in [4.69, 9.17) is 0 Å². The number of hydrogen-bond donors (Lipinski definition) is 1. The van der Waals surface area contributed by atoms with Crippen LogP contribution in [0.4, 0.5) is 11.1 Å². The average Bonchev–Trinajstić information content (AvgIpc) is 2.91. The molecular formula is C15H20N6OS. The molecule has 0 aliphatic carbocycles. The zero-order valence-electron chi connectivity index (χ0n) is 13.5. The van der Waals surface area contributed by atoms with Gasteiger partial charge in [-0.3, -0.25) is 4.79 Å². The number of carbonyl (C=O) groups excluding carboxylic acids is 1. The summed E-state index contributed by atoms with van der Waals surface area (Å²) in [5.74, 6) is 0.624. The van der Waals surface area contributed by atoms with Crippen molar-refractivity contribution in [3.8, 4) is 0 Å². The average molecular weight is 332 g/mol. The molecular weight excluding hydrogens is 312 g/mol. The van der Waals surface area contributed by atoms with E-state index in [9.17, 15) is 4.79 Å². The molecule has 3 rings (SSSR count). The highest BCUT2D eigenvalue weighted by atomic mass is 32.1. The van der Waals surface area contributed by atoms with Gasteiger partial charge in [0.05, 0.1) is 5.92 Å². The lowest BCUT2D eigenvalue weighted by atomic mass is 9.97. The Labute approximate surface area is 139 Å². The summed E-state index contributed by atoms with van der Waals surface area (Å²) in [7, 11) is 0. The molecule has 23 heavy (non-hydrogen) atoms. The van der Waals surface area contributed by atoms with Crippen LogP contribution in [0.1, 0.15) is 29.2 Å². The first-order valence-electron chi connectivity index (χ1n) is 7.69. The third-order valence-electron chi connectivity index (χ3n) is 3.80. The molecule has 1 N–H and O–H groups in total. The zero-order valence-corrected chi connectivity index (χ0v) is 14.4. The number of aryl methyl sites for hydroxylation is 3. The number of amides is 1. The summed E-state index contributed by atoms with van der Waals surface area (Å²) < 4.78 is 0. The van der Waals surface area contributed by atoms with Crippen LogP contribution in [0.3, 0.4) is 0 Å². The van der Waals surface area contributed by atoms with Crippen molar-refractivity contribution in [1.82, 2.24) is 20.2 Å². The molecule has 0 unspecified atom stereocenters. The third kappa shape index (κ3) is 3.82. The van der Waals surface area contributed by atoms with Gasteiger partial charge in [-0.05, 0) is 39.7 Å². The molecule has 1 saturated heterocycles. The van der Waals surface area contributed by atoms with Crippen molar-refractivity contribution in [1.29, 1.82) is 0 Å². The number of anilines is 2. The van der Waals surface area contributed by atoms with Gasteiger partial charge in [0.25, 0.3) is 0 Å². The predicted molar refractivity (Wildman–Crippen MR) is 89.7 cm³/mol. The molecule has 1 aliphatic heterocycles. The Balaban J connectivity index is 1.69. The van der Waals surface area contributed by atoms with Gasteiger partial charge in [0.15, 0.2) is 0 Å². The third-order valence-corrected chi connectivity index (χ3v) is 4.56. The largest absolute Gasteiger partial charge is 0.340 e. The molecule has 0 radical (unpaired) electrons. The highest BCUT2D eigenvalue weighted by molar-refractivity contribution is 7.15. The van der Waals surface area contributed by atoms with E-state index in [1.54, 1.807) is 0 Å². The molecule has 0 bridgehead atoms. The summed E-state index contributed by atoms with van der Waals surface area (Å²) in [6.45, 7) is 7.30. The van der Waals surface area contributed by atoms with Crippen molar-refractivity contribution in [2.45, 2.75) is 33.6 Å². The van der Waals surface area contributed by atoms with E-state index in [2.05, 4.69) is 30.4 Å². The predicted octanol–water partition coefficient (Wildman–Crippen LogP) is 2.11. The van der Waals surface area contributed by atoms with Crippen LogP contribution in [0.15, 0.2) is 6.07 Å². The maximum absolute atomic E-state index is 12.4. The van der Waals surface area contributed by atoms with Gasteiger partial charge in [-0.15, -0.1) is 10.2 Å². The number of carbonyl (C=O) groups is 1. The van der Waals surface area contributed by atoms with Crippen LogP contribution < -0.4 is 10.2 Å². The lowest BCUT2D eigenvalue weighted by Gasteiger charge is -2.32. The fourth-order valence-corrected chi connectivity index (χ4v) is 3.37. The van der Waals surface area contributed by atoms with E-state index in [-0.39, 0.29) is 11.8 Å². The summed E-state index contributed by atoms with van der Waals surface area (Å²) in [4.78, 5) is 23.5. The second-order valence-electron chi connectivity index (χ2n) is 5.85. The van der Waals surface area contributed by atoms with Gasteiger partial charge in [0.1, 0.15) is 5.01 Å². The van der Waals surface area contributed by atoms with Crippen LogP contribution in [0.2, 0.25) is 0 Å². The molecule has 2 aromatic heterocycles. The van der Waals surface area contributed by atoms with Crippen LogP contribution in [0, 0.1) is 26.7 Å². The molecule has 0 saturated carbocycles. The normalized spacial score (nSPS) is 18.0. The molecule has 1 fully saturated rings. The first-order valence-corrected chi connectivity index (χ1v) is 8.51. The fraction of sp³-hybridized carbons (Fsp3) is 0.533. The zero-order chi connectivity index (χ0) is 16.4. The van der Waals surface area contributed by atoms with Crippen molar-refractivity contribution < 1.29 is 4.79 Å².